The number of aromatic hydroxyl groups is 1. The lowest BCUT2D eigenvalue weighted by atomic mass is 9.85. The summed E-state index contributed by atoms with van der Waals surface area (Å²) in [5, 5.41) is 24.4. The van der Waals surface area contributed by atoms with Crippen LogP contribution in [0.1, 0.15) is 30.2 Å². The van der Waals surface area contributed by atoms with Crippen LogP contribution < -0.4 is 0 Å². The van der Waals surface area contributed by atoms with E-state index in [1.165, 1.54) is 27.4 Å². The Morgan fingerprint density at radius 2 is 1.90 bits per heavy atom. The molecular weight excluding hydrogens is 502 g/mol. The molecule has 9 nitrogen and oxygen atoms in total. The number of aryl methyl sites for hydroxylation is 4. The van der Waals surface area contributed by atoms with Crippen molar-refractivity contribution in [2.75, 3.05) is 46.9 Å². The second-order valence-electron chi connectivity index (χ2n) is 11.4. The molecule has 40 heavy (non-hydrogen) atoms. The van der Waals surface area contributed by atoms with Crippen LogP contribution in [0.15, 0.2) is 35.7 Å². The van der Waals surface area contributed by atoms with Crippen LogP contribution in [0.2, 0.25) is 0 Å². The molecule has 0 unspecified atom stereocenters. The number of hydrogen-bond donors (Lipinski definition) is 2. The SMILES string of the molecule is CON=C(C)c1ccc2c(c1)c1c3c[nH]c(O)c3c3c(c1n2CCCN1CCN(C)CC1)CCc1nn(C)cc1-3. The lowest BCUT2D eigenvalue weighted by molar-refractivity contribution is 0.151. The number of hydrogen-bond acceptors (Lipinski definition) is 6. The van der Waals surface area contributed by atoms with E-state index in [0.29, 0.717) is 0 Å². The summed E-state index contributed by atoms with van der Waals surface area (Å²) in [6.45, 7) is 8.54. The summed E-state index contributed by atoms with van der Waals surface area (Å²) < 4.78 is 4.44. The Hall–Kier alpha value is -3.82. The summed E-state index contributed by atoms with van der Waals surface area (Å²) in [5.41, 5.74) is 9.02. The second-order valence-corrected chi connectivity index (χ2v) is 11.4. The average molecular weight is 540 g/mol. The molecule has 1 saturated heterocycles. The number of benzene rings is 2. The van der Waals surface area contributed by atoms with Crippen LogP contribution in [-0.2, 0) is 31.3 Å². The van der Waals surface area contributed by atoms with Crippen molar-refractivity contribution in [3.8, 4) is 17.0 Å². The summed E-state index contributed by atoms with van der Waals surface area (Å²) >= 11 is 0. The molecule has 208 valence electrons. The lowest BCUT2D eigenvalue weighted by Crippen LogP contribution is -2.44. The molecule has 1 aliphatic heterocycles. The van der Waals surface area contributed by atoms with Crippen molar-refractivity contribution >= 4 is 38.3 Å². The molecule has 2 N–H and O–H groups in total. The van der Waals surface area contributed by atoms with Gasteiger partial charge in [-0.3, -0.25) is 4.68 Å². The largest absolute Gasteiger partial charge is 0.494 e. The third-order valence-corrected chi connectivity index (χ3v) is 8.91. The van der Waals surface area contributed by atoms with Crippen LogP contribution in [0.5, 0.6) is 5.88 Å². The Labute approximate surface area is 233 Å². The maximum atomic E-state index is 11.1. The van der Waals surface area contributed by atoms with Crippen molar-refractivity contribution in [3.05, 3.63) is 47.4 Å². The van der Waals surface area contributed by atoms with E-state index in [4.69, 9.17) is 9.94 Å². The summed E-state index contributed by atoms with van der Waals surface area (Å²) in [6.07, 6.45) is 6.94. The van der Waals surface area contributed by atoms with E-state index >= 15 is 0 Å². The van der Waals surface area contributed by atoms with Gasteiger partial charge < -0.3 is 29.3 Å². The zero-order chi connectivity index (χ0) is 27.5. The minimum absolute atomic E-state index is 0.217. The van der Waals surface area contributed by atoms with Gasteiger partial charge in [-0.05, 0) is 63.0 Å². The van der Waals surface area contributed by atoms with Crippen molar-refractivity contribution in [2.24, 2.45) is 12.2 Å². The highest BCUT2D eigenvalue weighted by molar-refractivity contribution is 6.27. The van der Waals surface area contributed by atoms with Crippen molar-refractivity contribution in [3.63, 3.8) is 0 Å². The Bertz CT molecular complexity index is 1780. The molecule has 2 aromatic carbocycles. The number of rotatable bonds is 6. The predicted octanol–water partition coefficient (Wildman–Crippen LogP) is 4.49. The Kier molecular flexibility index (Phi) is 6.09. The normalized spacial score (nSPS) is 16.8. The first-order valence-corrected chi connectivity index (χ1v) is 14.3. The van der Waals surface area contributed by atoms with Crippen molar-refractivity contribution < 1.29 is 9.94 Å². The van der Waals surface area contributed by atoms with E-state index in [1.807, 2.05) is 24.9 Å². The first-order chi connectivity index (χ1) is 19.4. The highest BCUT2D eigenvalue weighted by atomic mass is 16.6. The molecule has 0 bridgehead atoms. The molecule has 7 rings (SSSR count). The number of aromatic amines is 1. The van der Waals surface area contributed by atoms with Gasteiger partial charge in [-0.25, -0.2) is 0 Å². The molecule has 0 atom stereocenters. The monoisotopic (exact) mass is 539 g/mol. The Morgan fingerprint density at radius 3 is 2.70 bits per heavy atom. The van der Waals surface area contributed by atoms with E-state index < -0.39 is 0 Å². The van der Waals surface area contributed by atoms with Gasteiger partial charge in [-0.15, -0.1) is 0 Å². The summed E-state index contributed by atoms with van der Waals surface area (Å²) in [6, 6.07) is 6.62. The number of fused-ring (bicyclic) bond motifs is 10. The van der Waals surface area contributed by atoms with Crippen LogP contribution in [0.3, 0.4) is 0 Å². The van der Waals surface area contributed by atoms with Crippen LogP contribution in [-0.4, -0.2) is 86.8 Å². The number of nitrogens with one attached hydrogen (secondary N) is 1. The van der Waals surface area contributed by atoms with E-state index in [1.54, 1.807) is 7.11 Å². The lowest BCUT2D eigenvalue weighted by Gasteiger charge is -2.32. The number of aromatic nitrogens is 4. The molecule has 0 amide bonds. The summed E-state index contributed by atoms with van der Waals surface area (Å²) in [7, 11) is 5.77. The molecule has 0 saturated carbocycles. The molecule has 0 radical (unpaired) electrons. The van der Waals surface area contributed by atoms with Gasteiger partial charge in [-0.2, -0.15) is 5.10 Å². The van der Waals surface area contributed by atoms with Crippen LogP contribution in [0, 0.1) is 0 Å². The van der Waals surface area contributed by atoms with Crippen molar-refractivity contribution in [2.45, 2.75) is 32.7 Å². The second kappa shape index (κ2) is 9.67. The van der Waals surface area contributed by atoms with Gasteiger partial charge in [0, 0.05) is 85.0 Å². The maximum absolute atomic E-state index is 11.1. The number of nitrogens with zero attached hydrogens (tertiary/aromatic N) is 6. The highest BCUT2D eigenvalue weighted by Crippen LogP contribution is 2.49. The van der Waals surface area contributed by atoms with Gasteiger partial charge in [0.2, 0.25) is 0 Å². The third-order valence-electron chi connectivity index (χ3n) is 8.91. The molecule has 1 aliphatic carbocycles. The number of piperazine rings is 1. The van der Waals surface area contributed by atoms with Crippen LogP contribution in [0.4, 0.5) is 0 Å². The predicted molar refractivity (Wildman–Crippen MR) is 160 cm³/mol. The van der Waals surface area contributed by atoms with E-state index in [9.17, 15) is 5.11 Å². The first-order valence-electron chi connectivity index (χ1n) is 14.3. The van der Waals surface area contributed by atoms with Gasteiger partial charge >= 0.3 is 0 Å². The molecule has 2 aliphatic rings. The molecule has 4 heterocycles. The van der Waals surface area contributed by atoms with Crippen molar-refractivity contribution in [1.82, 2.24) is 29.1 Å². The van der Waals surface area contributed by atoms with Gasteiger partial charge in [0.25, 0.3) is 0 Å². The molecule has 9 heteroatoms. The van der Waals surface area contributed by atoms with E-state index in [0.717, 1.165) is 97.4 Å². The molecule has 1 fully saturated rings. The zero-order valence-corrected chi connectivity index (χ0v) is 23.8. The Morgan fingerprint density at radius 1 is 1.07 bits per heavy atom. The van der Waals surface area contributed by atoms with Gasteiger partial charge in [-0.1, -0.05) is 11.2 Å². The zero-order valence-electron chi connectivity index (χ0n) is 23.8. The minimum Gasteiger partial charge on any atom is -0.494 e. The summed E-state index contributed by atoms with van der Waals surface area (Å²) in [5.74, 6) is 0.217. The molecule has 0 spiro atoms. The fraction of sp³-hybridized carbons (Fsp3) is 0.419. The average Bonchev–Trinajstić information content (AvgIpc) is 3.62. The van der Waals surface area contributed by atoms with Gasteiger partial charge in [0.15, 0.2) is 5.88 Å². The van der Waals surface area contributed by atoms with Gasteiger partial charge in [0.05, 0.1) is 22.3 Å². The van der Waals surface area contributed by atoms with E-state index in [-0.39, 0.29) is 5.88 Å². The number of H-pyrrole nitrogens is 1. The standard InChI is InChI=1S/C31H37N7O2/c1-19(34-40-4)20-6-9-26-22(16-20)28-23-17-32-31(39)29(23)27-21(7-8-25-24(27)18-36(3)33-25)30(28)38(26)11-5-10-37-14-12-35(2)13-15-37/h6,9,16-18,32,39H,5,7-8,10-15H2,1-4H3. The minimum atomic E-state index is 0.217. The van der Waals surface area contributed by atoms with E-state index in [2.05, 4.69) is 56.0 Å². The fourth-order valence-electron chi connectivity index (χ4n) is 6.96. The third kappa shape index (κ3) is 3.90. The summed E-state index contributed by atoms with van der Waals surface area (Å²) in [4.78, 5) is 13.2. The van der Waals surface area contributed by atoms with Crippen molar-refractivity contribution in [1.29, 1.82) is 0 Å². The molecular formula is C31H37N7O2. The van der Waals surface area contributed by atoms with Crippen LogP contribution in [0.25, 0.3) is 43.7 Å². The highest BCUT2D eigenvalue weighted by Gasteiger charge is 2.30. The smallest absolute Gasteiger partial charge is 0.197 e. The quantitative estimate of drug-likeness (QED) is 0.245. The number of oxime groups is 1. The maximum Gasteiger partial charge on any atom is 0.197 e. The fourth-order valence-corrected chi connectivity index (χ4v) is 6.96. The Balaban J connectivity index is 1.46. The molecule has 5 aromatic rings. The van der Waals surface area contributed by atoms with Gasteiger partial charge in [0.1, 0.15) is 7.11 Å². The number of likely N-dealkylation sites (N-methyl/N-ethyl adjacent to an activating group) is 1. The van der Waals surface area contributed by atoms with Crippen LogP contribution >= 0.6 is 0 Å². The first kappa shape index (κ1) is 25.2. The topological polar surface area (TPSA) is 86.8 Å². The molecule has 3 aromatic heterocycles.